The third-order valence-electron chi connectivity index (χ3n) is 4.47. The van der Waals surface area contributed by atoms with Crippen LogP contribution < -0.4 is 5.43 Å². The Balaban J connectivity index is 1.69. The van der Waals surface area contributed by atoms with E-state index in [2.05, 4.69) is 25.5 Å². The molecule has 2 aromatic carbocycles. The summed E-state index contributed by atoms with van der Waals surface area (Å²) in [5.41, 5.74) is 7.16. The summed E-state index contributed by atoms with van der Waals surface area (Å²) in [7, 11) is 0. The number of pyridine rings is 1. The van der Waals surface area contributed by atoms with Crippen LogP contribution in [0.4, 0.5) is 0 Å². The van der Waals surface area contributed by atoms with Gasteiger partial charge in [0.05, 0.1) is 17.1 Å². The summed E-state index contributed by atoms with van der Waals surface area (Å²) < 4.78 is 0. The van der Waals surface area contributed by atoms with E-state index in [0.29, 0.717) is 17.1 Å². The molecule has 146 valence electrons. The van der Waals surface area contributed by atoms with E-state index < -0.39 is 5.91 Å². The molecule has 0 radical (unpaired) electrons. The molecule has 0 saturated carbocycles. The maximum atomic E-state index is 12.8. The second-order valence-electron chi connectivity index (χ2n) is 6.57. The maximum absolute atomic E-state index is 12.8. The number of hydrazone groups is 1. The van der Waals surface area contributed by atoms with Gasteiger partial charge in [0.25, 0.3) is 0 Å². The van der Waals surface area contributed by atoms with E-state index >= 15 is 0 Å². The molecule has 0 atom stereocenters. The molecule has 6 nitrogen and oxygen atoms in total. The van der Waals surface area contributed by atoms with E-state index in [4.69, 9.17) is 0 Å². The monoisotopic (exact) mass is 393 g/mol. The summed E-state index contributed by atoms with van der Waals surface area (Å²) in [6, 6.07) is 25.0. The van der Waals surface area contributed by atoms with E-state index in [1.807, 2.05) is 78.9 Å². The molecule has 4 aromatic rings. The molecule has 0 aliphatic rings. The number of nitrogens with one attached hydrogen (secondary N) is 1. The number of hydrogen-bond donors (Lipinski definition) is 1. The topological polar surface area (TPSA) is 80.1 Å². The highest BCUT2D eigenvalue weighted by molar-refractivity contribution is 6.00. The summed E-state index contributed by atoms with van der Waals surface area (Å²) in [5.74, 6) is -0.425. The van der Waals surface area contributed by atoms with Gasteiger partial charge in [-0.25, -0.2) is 15.4 Å². The Bertz CT molecular complexity index is 1120. The number of aromatic nitrogens is 3. The molecule has 0 aliphatic heterocycles. The standard InChI is InChI=1S/C24H19N5O/c1-17(20-13-8-14-25-16-20)28-29-24(30)23-26-21(18-9-4-2-5-10-18)15-22(27-23)19-11-6-3-7-12-19/h2-16H,1H3,(H,29,30). The van der Waals surface area contributed by atoms with Crippen LogP contribution >= 0.6 is 0 Å². The largest absolute Gasteiger partial charge is 0.309 e. The van der Waals surface area contributed by atoms with Gasteiger partial charge in [-0.05, 0) is 19.1 Å². The molecule has 4 rings (SSSR count). The quantitative estimate of drug-likeness (QED) is 0.404. The van der Waals surface area contributed by atoms with Crippen molar-refractivity contribution in [1.29, 1.82) is 0 Å². The van der Waals surface area contributed by atoms with Crippen molar-refractivity contribution in [2.45, 2.75) is 6.92 Å². The molecule has 0 spiro atoms. The Morgan fingerprint density at radius 2 is 1.43 bits per heavy atom. The van der Waals surface area contributed by atoms with Crippen molar-refractivity contribution in [3.05, 3.63) is 103 Å². The number of benzene rings is 2. The highest BCUT2D eigenvalue weighted by Crippen LogP contribution is 2.23. The number of hydrogen-bond acceptors (Lipinski definition) is 5. The van der Waals surface area contributed by atoms with Gasteiger partial charge in [-0.1, -0.05) is 66.7 Å². The fraction of sp³-hybridized carbons (Fsp3) is 0.0417. The molecule has 0 aliphatic carbocycles. The third-order valence-corrected chi connectivity index (χ3v) is 4.47. The molecule has 30 heavy (non-hydrogen) atoms. The zero-order valence-corrected chi connectivity index (χ0v) is 16.4. The van der Waals surface area contributed by atoms with Gasteiger partial charge in [-0.15, -0.1) is 0 Å². The fourth-order valence-corrected chi connectivity index (χ4v) is 2.89. The van der Waals surface area contributed by atoms with Gasteiger partial charge >= 0.3 is 5.91 Å². The highest BCUT2D eigenvalue weighted by atomic mass is 16.2. The average molecular weight is 393 g/mol. The van der Waals surface area contributed by atoms with Crippen LogP contribution in [-0.2, 0) is 0 Å². The van der Waals surface area contributed by atoms with Crippen molar-refractivity contribution in [3.8, 4) is 22.5 Å². The van der Waals surface area contributed by atoms with Crippen LogP contribution in [0, 0.1) is 0 Å². The Labute approximate surface area is 174 Å². The highest BCUT2D eigenvalue weighted by Gasteiger charge is 2.14. The van der Waals surface area contributed by atoms with Crippen molar-refractivity contribution in [2.75, 3.05) is 0 Å². The van der Waals surface area contributed by atoms with Gasteiger partial charge in [-0.3, -0.25) is 9.78 Å². The number of carbonyl (C=O) groups excluding carboxylic acids is 1. The number of rotatable bonds is 5. The molecule has 1 amide bonds. The lowest BCUT2D eigenvalue weighted by atomic mass is 10.1. The minimum atomic E-state index is -0.479. The molecule has 2 aromatic heterocycles. The smallest absolute Gasteiger partial charge is 0.264 e. The molecule has 0 bridgehead atoms. The van der Waals surface area contributed by atoms with E-state index in [1.165, 1.54) is 0 Å². The molecular weight excluding hydrogens is 374 g/mol. The SMILES string of the molecule is CC(=NNC(=O)c1nc(-c2ccccc2)cc(-c2ccccc2)n1)c1cccnc1. The minimum Gasteiger partial charge on any atom is -0.264 e. The number of amides is 1. The van der Waals surface area contributed by atoms with Crippen molar-refractivity contribution >= 4 is 11.6 Å². The number of nitrogens with zero attached hydrogens (tertiary/aromatic N) is 4. The predicted octanol–water partition coefficient (Wildman–Crippen LogP) is 4.36. The Kier molecular flexibility index (Phi) is 5.66. The first kappa shape index (κ1) is 19.1. The molecular formula is C24H19N5O. The number of carbonyl (C=O) groups is 1. The van der Waals surface area contributed by atoms with Crippen LogP contribution in [0.5, 0.6) is 0 Å². The Hall–Kier alpha value is -4.19. The normalized spacial score (nSPS) is 11.2. The lowest BCUT2D eigenvalue weighted by molar-refractivity contribution is 0.0944. The van der Waals surface area contributed by atoms with Crippen LogP contribution in [0.15, 0.2) is 96.4 Å². The van der Waals surface area contributed by atoms with Gasteiger partial charge in [0.1, 0.15) is 0 Å². The van der Waals surface area contributed by atoms with E-state index in [0.717, 1.165) is 16.7 Å². The van der Waals surface area contributed by atoms with E-state index in [1.54, 1.807) is 19.3 Å². The Morgan fingerprint density at radius 1 is 0.833 bits per heavy atom. The maximum Gasteiger partial charge on any atom is 0.309 e. The first-order chi connectivity index (χ1) is 14.7. The van der Waals surface area contributed by atoms with Crippen LogP contribution in [0.1, 0.15) is 23.1 Å². The molecule has 2 heterocycles. The second-order valence-corrected chi connectivity index (χ2v) is 6.57. The second kappa shape index (κ2) is 8.87. The molecule has 0 fully saturated rings. The summed E-state index contributed by atoms with van der Waals surface area (Å²) in [4.78, 5) is 25.8. The van der Waals surface area contributed by atoms with Gasteiger partial charge in [0.15, 0.2) is 0 Å². The van der Waals surface area contributed by atoms with Crippen LogP contribution in [-0.4, -0.2) is 26.6 Å². The van der Waals surface area contributed by atoms with Crippen LogP contribution in [0.25, 0.3) is 22.5 Å². The average Bonchev–Trinajstić information content (AvgIpc) is 2.83. The minimum absolute atomic E-state index is 0.0537. The van der Waals surface area contributed by atoms with E-state index in [9.17, 15) is 4.79 Å². The van der Waals surface area contributed by atoms with Crippen molar-refractivity contribution in [2.24, 2.45) is 5.10 Å². The summed E-state index contributed by atoms with van der Waals surface area (Å²) >= 11 is 0. The molecule has 6 heteroatoms. The van der Waals surface area contributed by atoms with Crippen molar-refractivity contribution in [3.63, 3.8) is 0 Å². The van der Waals surface area contributed by atoms with Gasteiger partial charge in [0.2, 0.25) is 5.82 Å². The first-order valence-corrected chi connectivity index (χ1v) is 9.45. The third kappa shape index (κ3) is 4.44. The van der Waals surface area contributed by atoms with Gasteiger partial charge < -0.3 is 0 Å². The van der Waals surface area contributed by atoms with Crippen LogP contribution in [0.2, 0.25) is 0 Å². The predicted molar refractivity (Wildman–Crippen MR) is 117 cm³/mol. The Morgan fingerprint density at radius 3 is 1.97 bits per heavy atom. The van der Waals surface area contributed by atoms with E-state index in [-0.39, 0.29) is 5.82 Å². The van der Waals surface area contributed by atoms with Crippen molar-refractivity contribution in [1.82, 2.24) is 20.4 Å². The van der Waals surface area contributed by atoms with Crippen molar-refractivity contribution < 1.29 is 4.79 Å². The zero-order chi connectivity index (χ0) is 20.8. The van der Waals surface area contributed by atoms with Gasteiger partial charge in [-0.2, -0.15) is 5.10 Å². The summed E-state index contributed by atoms with van der Waals surface area (Å²) in [6.07, 6.45) is 3.37. The molecule has 1 N–H and O–H groups in total. The lowest BCUT2D eigenvalue weighted by Gasteiger charge is -2.08. The lowest BCUT2D eigenvalue weighted by Crippen LogP contribution is -2.22. The zero-order valence-electron chi connectivity index (χ0n) is 16.4. The van der Waals surface area contributed by atoms with Gasteiger partial charge in [0, 0.05) is 29.1 Å². The molecule has 0 unspecified atom stereocenters. The first-order valence-electron chi connectivity index (χ1n) is 9.45. The van der Waals surface area contributed by atoms with Crippen LogP contribution in [0.3, 0.4) is 0 Å². The molecule has 0 saturated heterocycles. The summed E-state index contributed by atoms with van der Waals surface area (Å²) in [6.45, 7) is 1.80. The fourth-order valence-electron chi connectivity index (χ4n) is 2.89. The summed E-state index contributed by atoms with van der Waals surface area (Å²) in [5, 5.41) is 4.17.